The lowest BCUT2D eigenvalue weighted by Crippen LogP contribution is -2.50. The van der Waals surface area contributed by atoms with Crippen molar-refractivity contribution in [3.63, 3.8) is 0 Å². The van der Waals surface area contributed by atoms with Crippen LogP contribution in [0.2, 0.25) is 0 Å². The van der Waals surface area contributed by atoms with E-state index in [1.54, 1.807) is 0 Å². The maximum Gasteiger partial charge on any atom is 0.190 e. The van der Waals surface area contributed by atoms with Crippen molar-refractivity contribution in [1.82, 2.24) is 5.32 Å². The Hall–Kier alpha value is -1.27. The molecule has 116 valence electrons. The summed E-state index contributed by atoms with van der Waals surface area (Å²) in [5, 5.41) is 3.22. The minimum Gasteiger partial charge on any atom is -0.490 e. The van der Waals surface area contributed by atoms with Gasteiger partial charge in [0.15, 0.2) is 17.3 Å². The van der Waals surface area contributed by atoms with E-state index in [-0.39, 0.29) is 31.5 Å². The SMILES string of the molecule is Fc1cc(OCC2(F)COC2)c(C2CCNCC2)cc1F. The fourth-order valence-electron chi connectivity index (χ4n) is 2.73. The average molecular weight is 301 g/mol. The average Bonchev–Trinajstić information content (AvgIpc) is 2.47. The molecule has 0 aromatic heterocycles. The fourth-order valence-corrected chi connectivity index (χ4v) is 2.73. The molecule has 2 aliphatic rings. The van der Waals surface area contributed by atoms with E-state index >= 15 is 0 Å². The van der Waals surface area contributed by atoms with E-state index in [9.17, 15) is 13.2 Å². The zero-order chi connectivity index (χ0) is 14.9. The normalized spacial score (nSPS) is 21.9. The molecule has 0 aliphatic carbocycles. The number of ether oxygens (including phenoxy) is 2. The summed E-state index contributed by atoms with van der Waals surface area (Å²) in [7, 11) is 0. The van der Waals surface area contributed by atoms with E-state index in [1.165, 1.54) is 6.07 Å². The molecular weight excluding hydrogens is 283 g/mol. The first-order valence-corrected chi connectivity index (χ1v) is 7.16. The number of benzene rings is 1. The number of halogens is 3. The molecule has 1 aromatic rings. The van der Waals surface area contributed by atoms with E-state index in [1.807, 2.05) is 0 Å². The lowest BCUT2D eigenvalue weighted by atomic mass is 9.89. The van der Waals surface area contributed by atoms with Crippen molar-refractivity contribution in [2.24, 2.45) is 0 Å². The third-order valence-electron chi connectivity index (χ3n) is 4.04. The van der Waals surface area contributed by atoms with Gasteiger partial charge in [-0.25, -0.2) is 13.2 Å². The monoisotopic (exact) mass is 301 g/mol. The number of hydrogen-bond acceptors (Lipinski definition) is 3. The second kappa shape index (κ2) is 5.85. The molecule has 3 rings (SSSR count). The first-order chi connectivity index (χ1) is 10.1. The van der Waals surface area contributed by atoms with E-state index in [0.717, 1.165) is 32.0 Å². The van der Waals surface area contributed by atoms with Gasteiger partial charge in [-0.15, -0.1) is 0 Å². The topological polar surface area (TPSA) is 30.5 Å². The van der Waals surface area contributed by atoms with Crippen LogP contribution in [0, 0.1) is 11.6 Å². The van der Waals surface area contributed by atoms with Crippen molar-refractivity contribution in [2.45, 2.75) is 24.4 Å². The zero-order valence-electron chi connectivity index (χ0n) is 11.6. The Morgan fingerprint density at radius 1 is 1.19 bits per heavy atom. The van der Waals surface area contributed by atoms with Crippen LogP contribution in [0.25, 0.3) is 0 Å². The van der Waals surface area contributed by atoms with Crippen LogP contribution in [0.4, 0.5) is 13.2 Å². The molecule has 0 spiro atoms. The Kier molecular flexibility index (Phi) is 4.08. The Labute approximate surface area is 121 Å². The molecule has 2 saturated heterocycles. The second-order valence-corrected chi connectivity index (χ2v) is 5.76. The zero-order valence-corrected chi connectivity index (χ0v) is 11.6. The molecular formula is C15H18F3NO2. The molecule has 3 nitrogen and oxygen atoms in total. The summed E-state index contributed by atoms with van der Waals surface area (Å²) >= 11 is 0. The van der Waals surface area contributed by atoms with Crippen LogP contribution in [-0.4, -0.2) is 38.6 Å². The summed E-state index contributed by atoms with van der Waals surface area (Å²) in [6.45, 7) is 1.42. The Morgan fingerprint density at radius 2 is 1.86 bits per heavy atom. The minimum atomic E-state index is -1.52. The summed E-state index contributed by atoms with van der Waals surface area (Å²) in [6.07, 6.45) is 1.65. The standard InChI is InChI=1S/C15H18F3NO2/c16-12-5-11(10-1-3-19-4-2-10)14(6-13(12)17)21-9-15(18)7-20-8-15/h5-6,10,19H,1-4,7-9H2. The van der Waals surface area contributed by atoms with E-state index in [0.29, 0.717) is 5.56 Å². The highest BCUT2D eigenvalue weighted by Gasteiger charge is 2.40. The van der Waals surface area contributed by atoms with Crippen molar-refractivity contribution < 1.29 is 22.6 Å². The van der Waals surface area contributed by atoms with Crippen LogP contribution < -0.4 is 10.1 Å². The summed E-state index contributed by atoms with van der Waals surface area (Å²) in [4.78, 5) is 0. The fraction of sp³-hybridized carbons (Fsp3) is 0.600. The van der Waals surface area contributed by atoms with Gasteiger partial charge in [-0.1, -0.05) is 0 Å². The van der Waals surface area contributed by atoms with Crippen molar-refractivity contribution in [1.29, 1.82) is 0 Å². The van der Waals surface area contributed by atoms with Crippen molar-refractivity contribution in [3.05, 3.63) is 29.3 Å². The van der Waals surface area contributed by atoms with Crippen molar-refractivity contribution in [2.75, 3.05) is 32.9 Å². The lowest BCUT2D eigenvalue weighted by molar-refractivity contribution is -0.146. The smallest absolute Gasteiger partial charge is 0.190 e. The first-order valence-electron chi connectivity index (χ1n) is 7.16. The van der Waals surface area contributed by atoms with E-state index in [2.05, 4.69) is 5.32 Å². The molecule has 6 heteroatoms. The third kappa shape index (κ3) is 3.16. The molecule has 0 saturated carbocycles. The summed E-state index contributed by atoms with van der Waals surface area (Å²) in [6, 6.07) is 2.21. The lowest BCUT2D eigenvalue weighted by Gasteiger charge is -2.34. The molecule has 0 amide bonds. The molecule has 2 fully saturated rings. The molecule has 0 radical (unpaired) electrons. The van der Waals surface area contributed by atoms with Crippen LogP contribution in [0.3, 0.4) is 0 Å². The van der Waals surface area contributed by atoms with Crippen molar-refractivity contribution >= 4 is 0 Å². The number of rotatable bonds is 4. The minimum absolute atomic E-state index is 0.0145. The number of piperidine rings is 1. The van der Waals surface area contributed by atoms with Gasteiger partial charge < -0.3 is 14.8 Å². The summed E-state index contributed by atoms with van der Waals surface area (Å²) < 4.78 is 51.2. The highest BCUT2D eigenvalue weighted by Crippen LogP contribution is 2.35. The molecule has 2 aliphatic heterocycles. The number of alkyl halides is 1. The number of hydrogen-bond donors (Lipinski definition) is 1. The molecule has 1 N–H and O–H groups in total. The van der Waals surface area contributed by atoms with Crippen molar-refractivity contribution in [3.8, 4) is 5.75 Å². The number of nitrogens with one attached hydrogen (secondary N) is 1. The highest BCUT2D eigenvalue weighted by atomic mass is 19.2. The van der Waals surface area contributed by atoms with Crippen LogP contribution >= 0.6 is 0 Å². The third-order valence-corrected chi connectivity index (χ3v) is 4.04. The second-order valence-electron chi connectivity index (χ2n) is 5.76. The van der Waals surface area contributed by atoms with Crippen LogP contribution in [-0.2, 0) is 4.74 Å². The summed E-state index contributed by atoms with van der Waals surface area (Å²) in [5.74, 6) is -1.52. The van der Waals surface area contributed by atoms with Crippen LogP contribution in [0.5, 0.6) is 5.75 Å². The quantitative estimate of drug-likeness (QED) is 0.927. The van der Waals surface area contributed by atoms with Crippen LogP contribution in [0.15, 0.2) is 12.1 Å². The molecule has 0 bridgehead atoms. The highest BCUT2D eigenvalue weighted by molar-refractivity contribution is 5.38. The Morgan fingerprint density at radius 3 is 2.48 bits per heavy atom. The largest absolute Gasteiger partial charge is 0.490 e. The predicted octanol–water partition coefficient (Wildman–Crippen LogP) is 2.55. The molecule has 0 atom stereocenters. The maximum atomic E-state index is 13.9. The van der Waals surface area contributed by atoms with Gasteiger partial charge in [-0.3, -0.25) is 0 Å². The first kappa shape index (κ1) is 14.7. The Balaban J connectivity index is 1.80. The van der Waals surface area contributed by atoms with E-state index in [4.69, 9.17) is 9.47 Å². The van der Waals surface area contributed by atoms with Gasteiger partial charge >= 0.3 is 0 Å². The van der Waals surface area contributed by atoms with Gasteiger partial charge in [0.05, 0.1) is 13.2 Å². The molecule has 2 heterocycles. The van der Waals surface area contributed by atoms with Gasteiger partial charge in [0.2, 0.25) is 0 Å². The molecule has 1 aromatic carbocycles. The van der Waals surface area contributed by atoms with Gasteiger partial charge in [0.1, 0.15) is 12.4 Å². The van der Waals surface area contributed by atoms with Gasteiger partial charge in [-0.05, 0) is 37.9 Å². The predicted molar refractivity (Wildman–Crippen MR) is 71.4 cm³/mol. The molecule has 21 heavy (non-hydrogen) atoms. The van der Waals surface area contributed by atoms with Gasteiger partial charge in [-0.2, -0.15) is 0 Å². The van der Waals surface area contributed by atoms with Crippen LogP contribution in [0.1, 0.15) is 24.3 Å². The van der Waals surface area contributed by atoms with Gasteiger partial charge in [0.25, 0.3) is 0 Å². The summed E-state index contributed by atoms with van der Waals surface area (Å²) in [5.41, 5.74) is -0.893. The van der Waals surface area contributed by atoms with E-state index < -0.39 is 17.3 Å². The Bertz CT molecular complexity index is 514. The molecule has 0 unspecified atom stereocenters. The van der Waals surface area contributed by atoms with Gasteiger partial charge in [0, 0.05) is 11.6 Å². The maximum absolute atomic E-state index is 13.9.